The van der Waals surface area contributed by atoms with Crippen molar-refractivity contribution in [1.29, 1.82) is 0 Å². The number of hydrogen-bond acceptors (Lipinski definition) is 7. The van der Waals surface area contributed by atoms with E-state index in [4.69, 9.17) is 5.84 Å². The number of carbonyl (C=O) groups excluding carboxylic acids is 2. The molecule has 2 amide bonds. The van der Waals surface area contributed by atoms with Gasteiger partial charge in [0.05, 0.1) is 22.8 Å². The third-order valence-electron chi connectivity index (χ3n) is 2.63. The van der Waals surface area contributed by atoms with Crippen LogP contribution in [0, 0.1) is 0 Å². The van der Waals surface area contributed by atoms with Crippen molar-refractivity contribution in [1.82, 2.24) is 15.5 Å². The normalized spacial score (nSPS) is 12.0. The average molecular weight is 290 g/mol. The summed E-state index contributed by atoms with van der Waals surface area (Å²) in [6.07, 6.45) is 0. The largest absolute Gasteiger partial charge is 0.323 e. The highest BCUT2D eigenvalue weighted by Gasteiger charge is 2.12. The molecule has 1 rings (SSSR count). The summed E-state index contributed by atoms with van der Waals surface area (Å²) in [5.74, 6) is 4.32. The monoisotopic (exact) mass is 290 g/mol. The minimum Gasteiger partial charge on any atom is -0.323 e. The Hall–Kier alpha value is -2.77. The molecule has 0 aliphatic heterocycles. The van der Waals surface area contributed by atoms with Gasteiger partial charge in [-0.05, 0) is 26.0 Å². The Labute approximate surface area is 122 Å². The van der Waals surface area contributed by atoms with Gasteiger partial charge in [0.1, 0.15) is 0 Å². The molecule has 1 aromatic rings. The summed E-state index contributed by atoms with van der Waals surface area (Å²) < 4.78 is 0. The Balaban J connectivity index is 2.97. The van der Waals surface area contributed by atoms with E-state index >= 15 is 0 Å². The van der Waals surface area contributed by atoms with E-state index in [1.807, 2.05) is 0 Å². The topological polar surface area (TPSA) is 113 Å². The van der Waals surface area contributed by atoms with Crippen molar-refractivity contribution in [3.63, 3.8) is 0 Å². The van der Waals surface area contributed by atoms with E-state index < -0.39 is 11.8 Å². The van der Waals surface area contributed by atoms with Gasteiger partial charge in [-0.2, -0.15) is 15.2 Å². The predicted molar refractivity (Wildman–Crippen MR) is 79.2 cm³/mol. The Morgan fingerprint density at radius 1 is 1.10 bits per heavy atom. The van der Waals surface area contributed by atoms with Crippen LogP contribution in [0.5, 0.6) is 0 Å². The van der Waals surface area contributed by atoms with Crippen LogP contribution in [0.4, 0.5) is 0 Å². The summed E-state index contributed by atoms with van der Waals surface area (Å²) in [5.41, 5.74) is 4.71. The smallest absolute Gasteiger partial charge is 0.246 e. The second-order valence-electron chi connectivity index (χ2n) is 4.29. The number of nitrogens with zero attached hydrogens (tertiary/aromatic N) is 4. The first-order valence-corrected chi connectivity index (χ1v) is 6.20. The number of nitrogens with one attached hydrogen (secondary N) is 1. The quantitative estimate of drug-likeness (QED) is 0.473. The summed E-state index contributed by atoms with van der Waals surface area (Å²) in [5, 5.41) is 8.37. The molecule has 21 heavy (non-hydrogen) atoms. The number of pyridine rings is 1. The molecule has 0 aromatic carbocycles. The Morgan fingerprint density at radius 2 is 1.62 bits per heavy atom. The summed E-state index contributed by atoms with van der Waals surface area (Å²) >= 11 is 0. The fourth-order valence-electron chi connectivity index (χ4n) is 1.45. The molecule has 8 heteroatoms. The third-order valence-corrected chi connectivity index (χ3v) is 2.63. The van der Waals surface area contributed by atoms with Gasteiger partial charge in [0.2, 0.25) is 11.8 Å². The zero-order chi connectivity index (χ0) is 16.0. The van der Waals surface area contributed by atoms with Crippen molar-refractivity contribution >= 4 is 23.2 Å². The van der Waals surface area contributed by atoms with E-state index in [9.17, 15) is 9.59 Å². The molecule has 0 bridgehead atoms. The summed E-state index contributed by atoms with van der Waals surface area (Å²) in [6, 6.07) is 5.31. The minimum absolute atomic E-state index is 0.452. The molecule has 0 saturated heterocycles. The fourth-order valence-corrected chi connectivity index (χ4v) is 1.45. The van der Waals surface area contributed by atoms with Crippen LogP contribution < -0.4 is 11.4 Å². The van der Waals surface area contributed by atoms with Gasteiger partial charge in [-0.25, -0.2) is 10.5 Å². The molecule has 0 spiro atoms. The number of amides is 2. The number of carbonyl (C=O) groups is 2. The molecule has 1 aromatic heterocycles. The molecule has 3 N–H and O–H groups in total. The third kappa shape index (κ3) is 4.37. The fraction of sp³-hybridized carbons (Fsp3) is 0.308. The molecule has 0 saturated carbocycles. The first-order valence-electron chi connectivity index (χ1n) is 6.20. The van der Waals surface area contributed by atoms with Gasteiger partial charge in [0.15, 0.2) is 0 Å². The lowest BCUT2D eigenvalue weighted by atomic mass is 10.2. The first kappa shape index (κ1) is 16.3. The van der Waals surface area contributed by atoms with Crippen LogP contribution in [0.3, 0.4) is 0 Å². The molecular weight excluding hydrogens is 272 g/mol. The van der Waals surface area contributed by atoms with Gasteiger partial charge in [-0.15, -0.1) is 0 Å². The number of hydrazine groups is 1. The van der Waals surface area contributed by atoms with E-state index in [0.29, 0.717) is 22.8 Å². The van der Waals surface area contributed by atoms with E-state index in [-0.39, 0.29) is 0 Å². The summed E-state index contributed by atoms with van der Waals surface area (Å²) in [4.78, 5) is 26.8. The van der Waals surface area contributed by atoms with Crippen LogP contribution in [0.2, 0.25) is 0 Å². The highest BCUT2D eigenvalue weighted by atomic mass is 16.2. The van der Waals surface area contributed by atoms with Crippen LogP contribution in [-0.4, -0.2) is 33.2 Å². The highest BCUT2D eigenvalue weighted by molar-refractivity contribution is 6.00. The second-order valence-corrected chi connectivity index (χ2v) is 4.29. The SMILES string of the molecule is CC(=O)N(N/N=C(\C)c1cccc(/C(C)=N\N)n1)C(C)=O. The number of hydrogen-bond donors (Lipinski definition) is 2. The van der Waals surface area contributed by atoms with E-state index in [1.165, 1.54) is 13.8 Å². The van der Waals surface area contributed by atoms with Crippen molar-refractivity contribution in [3.8, 4) is 0 Å². The number of rotatable bonds is 4. The van der Waals surface area contributed by atoms with Crippen molar-refractivity contribution in [2.75, 3.05) is 0 Å². The van der Waals surface area contributed by atoms with Crippen LogP contribution >= 0.6 is 0 Å². The van der Waals surface area contributed by atoms with Gasteiger partial charge in [-0.3, -0.25) is 9.59 Å². The standard InChI is InChI=1S/C13H18N6O2/c1-8(16-14)12-6-5-7-13(15-12)9(2)17-18-19(10(3)20)11(4)21/h5-7,18H,14H2,1-4H3/b16-8-,17-9+. The molecular formula is C13H18N6O2. The highest BCUT2D eigenvalue weighted by Crippen LogP contribution is 2.02. The van der Waals surface area contributed by atoms with E-state index in [2.05, 4.69) is 20.7 Å². The predicted octanol–water partition coefficient (Wildman–Crippen LogP) is 0.388. The first-order chi connectivity index (χ1) is 9.86. The van der Waals surface area contributed by atoms with Crippen molar-refractivity contribution in [2.24, 2.45) is 16.0 Å². The van der Waals surface area contributed by atoms with Crippen molar-refractivity contribution in [3.05, 3.63) is 29.6 Å². The molecule has 0 atom stereocenters. The lowest BCUT2D eigenvalue weighted by Crippen LogP contribution is -2.42. The number of nitrogens with two attached hydrogens (primary N) is 1. The zero-order valence-corrected chi connectivity index (χ0v) is 12.4. The van der Waals surface area contributed by atoms with Gasteiger partial charge < -0.3 is 5.84 Å². The molecule has 8 nitrogen and oxygen atoms in total. The van der Waals surface area contributed by atoms with E-state index in [0.717, 1.165) is 5.01 Å². The number of imide groups is 1. The lowest BCUT2D eigenvalue weighted by molar-refractivity contribution is -0.145. The molecule has 0 unspecified atom stereocenters. The van der Waals surface area contributed by atoms with Gasteiger partial charge >= 0.3 is 0 Å². The molecule has 1 heterocycles. The van der Waals surface area contributed by atoms with E-state index in [1.54, 1.807) is 32.0 Å². The molecule has 0 aliphatic rings. The molecule has 112 valence electrons. The van der Waals surface area contributed by atoms with Crippen LogP contribution in [0.25, 0.3) is 0 Å². The molecule has 0 aliphatic carbocycles. The number of aromatic nitrogens is 1. The molecule has 0 fully saturated rings. The minimum atomic E-state index is -0.452. The second kappa shape index (κ2) is 7.13. The maximum atomic E-state index is 11.2. The van der Waals surface area contributed by atoms with Crippen LogP contribution in [0.1, 0.15) is 39.1 Å². The zero-order valence-electron chi connectivity index (χ0n) is 12.4. The summed E-state index contributed by atoms with van der Waals surface area (Å²) in [7, 11) is 0. The Morgan fingerprint density at radius 3 is 2.10 bits per heavy atom. The maximum absolute atomic E-state index is 11.2. The average Bonchev–Trinajstić information content (AvgIpc) is 2.45. The van der Waals surface area contributed by atoms with Crippen LogP contribution in [0.15, 0.2) is 28.4 Å². The maximum Gasteiger partial charge on any atom is 0.246 e. The summed E-state index contributed by atoms with van der Waals surface area (Å²) in [6.45, 7) is 5.97. The molecule has 0 radical (unpaired) electrons. The Kier molecular flexibility index (Phi) is 5.53. The van der Waals surface area contributed by atoms with Crippen molar-refractivity contribution < 1.29 is 9.59 Å². The van der Waals surface area contributed by atoms with Gasteiger partial charge in [0.25, 0.3) is 0 Å². The lowest BCUT2D eigenvalue weighted by Gasteiger charge is -2.15. The number of hydrazone groups is 2. The van der Waals surface area contributed by atoms with Crippen LogP contribution in [-0.2, 0) is 9.59 Å². The Bertz CT molecular complexity index is 594. The van der Waals surface area contributed by atoms with Gasteiger partial charge in [0, 0.05) is 13.8 Å². The van der Waals surface area contributed by atoms with Gasteiger partial charge in [-0.1, -0.05) is 6.07 Å². The van der Waals surface area contributed by atoms with Crippen molar-refractivity contribution in [2.45, 2.75) is 27.7 Å².